The number of hydrogen-bond donors (Lipinski definition) is 3. The van der Waals surface area contributed by atoms with Crippen LogP contribution >= 0.6 is 0 Å². The maximum atomic E-state index is 13.0. The van der Waals surface area contributed by atoms with Gasteiger partial charge in [-0.1, -0.05) is 49.4 Å². The second kappa shape index (κ2) is 12.9. The van der Waals surface area contributed by atoms with Gasteiger partial charge in [0.1, 0.15) is 18.4 Å². The van der Waals surface area contributed by atoms with Crippen LogP contribution in [0.1, 0.15) is 30.9 Å². The third kappa shape index (κ3) is 8.58. The van der Waals surface area contributed by atoms with Crippen molar-refractivity contribution in [1.82, 2.24) is 10.3 Å². The Morgan fingerprint density at radius 1 is 0.971 bits per heavy atom. The first-order chi connectivity index (χ1) is 16.9. The average Bonchev–Trinajstić information content (AvgIpc) is 2.87. The highest BCUT2D eigenvalue weighted by atomic mass is 16.5. The van der Waals surface area contributed by atoms with Gasteiger partial charge in [-0.05, 0) is 41.8 Å². The minimum atomic E-state index is -0.817. The van der Waals surface area contributed by atoms with Crippen molar-refractivity contribution >= 4 is 23.4 Å². The number of pyridine rings is 1. The Kier molecular flexibility index (Phi) is 9.36. The Morgan fingerprint density at radius 2 is 1.71 bits per heavy atom. The highest BCUT2D eigenvalue weighted by Gasteiger charge is 2.22. The SMILES string of the molecule is CC(CCC(=O)NC(Cc1ccc(OCc2ccccc2)cc1)C(=O)Nc1cccnc1)C(N)=O. The molecule has 0 fully saturated rings. The number of nitrogens with one attached hydrogen (secondary N) is 2. The molecule has 35 heavy (non-hydrogen) atoms. The van der Waals surface area contributed by atoms with E-state index >= 15 is 0 Å². The molecular formula is C27H30N4O4. The van der Waals surface area contributed by atoms with Crippen molar-refractivity contribution in [1.29, 1.82) is 0 Å². The molecule has 8 nitrogen and oxygen atoms in total. The molecule has 1 heterocycles. The number of carbonyl (C=O) groups excluding carboxylic acids is 3. The number of hydrogen-bond acceptors (Lipinski definition) is 5. The fourth-order valence-electron chi connectivity index (χ4n) is 3.33. The van der Waals surface area contributed by atoms with Gasteiger partial charge >= 0.3 is 0 Å². The molecular weight excluding hydrogens is 444 g/mol. The summed E-state index contributed by atoms with van der Waals surface area (Å²) in [6.07, 6.45) is 3.82. The topological polar surface area (TPSA) is 123 Å². The Hall–Kier alpha value is -4.20. The standard InChI is InChI=1S/C27H30N4O4/c1-19(26(28)33)9-14-25(32)31-24(27(34)30-22-8-5-15-29-17-22)16-20-10-12-23(13-11-20)35-18-21-6-3-2-4-7-21/h2-8,10-13,15,17,19,24H,9,14,16,18H2,1H3,(H2,28,33)(H,30,34)(H,31,32). The van der Waals surface area contributed by atoms with Gasteiger partial charge < -0.3 is 21.1 Å². The lowest BCUT2D eigenvalue weighted by Crippen LogP contribution is -2.45. The fraction of sp³-hybridized carbons (Fsp3) is 0.259. The summed E-state index contributed by atoms with van der Waals surface area (Å²) in [5, 5.41) is 5.57. The van der Waals surface area contributed by atoms with Crippen LogP contribution in [0.3, 0.4) is 0 Å². The number of ether oxygens (including phenoxy) is 1. The van der Waals surface area contributed by atoms with Crippen molar-refractivity contribution in [2.45, 2.75) is 38.8 Å². The number of nitrogens with zero attached hydrogens (tertiary/aromatic N) is 1. The molecule has 0 saturated carbocycles. The lowest BCUT2D eigenvalue weighted by atomic mass is 10.0. The van der Waals surface area contributed by atoms with Crippen LogP contribution in [0.4, 0.5) is 5.69 Å². The van der Waals surface area contributed by atoms with E-state index in [1.54, 1.807) is 25.3 Å². The van der Waals surface area contributed by atoms with E-state index in [0.717, 1.165) is 11.1 Å². The highest BCUT2D eigenvalue weighted by Crippen LogP contribution is 2.16. The number of benzene rings is 2. The summed E-state index contributed by atoms with van der Waals surface area (Å²) in [5.41, 5.74) is 7.73. The fourth-order valence-corrected chi connectivity index (χ4v) is 3.33. The zero-order chi connectivity index (χ0) is 25.0. The highest BCUT2D eigenvalue weighted by molar-refractivity contribution is 5.97. The van der Waals surface area contributed by atoms with Crippen molar-refractivity contribution in [3.05, 3.63) is 90.3 Å². The molecule has 0 aliphatic rings. The molecule has 1 aromatic heterocycles. The van der Waals surface area contributed by atoms with Crippen LogP contribution in [0.2, 0.25) is 0 Å². The van der Waals surface area contributed by atoms with E-state index in [1.165, 1.54) is 6.20 Å². The molecule has 3 aromatic rings. The summed E-state index contributed by atoms with van der Waals surface area (Å²) >= 11 is 0. The van der Waals surface area contributed by atoms with Gasteiger partial charge in [0.25, 0.3) is 0 Å². The van der Waals surface area contributed by atoms with Gasteiger partial charge in [0, 0.05) is 25.0 Å². The summed E-state index contributed by atoms with van der Waals surface area (Å²) in [5.74, 6) is -0.866. The molecule has 2 unspecified atom stereocenters. The molecule has 182 valence electrons. The minimum absolute atomic E-state index is 0.0903. The van der Waals surface area contributed by atoms with Gasteiger partial charge in [-0.15, -0.1) is 0 Å². The van der Waals surface area contributed by atoms with E-state index in [4.69, 9.17) is 10.5 Å². The number of aromatic nitrogens is 1. The van der Waals surface area contributed by atoms with Crippen LogP contribution in [0.15, 0.2) is 79.1 Å². The van der Waals surface area contributed by atoms with Gasteiger partial charge in [-0.3, -0.25) is 19.4 Å². The lowest BCUT2D eigenvalue weighted by Gasteiger charge is -2.19. The maximum absolute atomic E-state index is 13.0. The van der Waals surface area contributed by atoms with E-state index in [-0.39, 0.29) is 24.7 Å². The monoisotopic (exact) mass is 474 g/mol. The van der Waals surface area contributed by atoms with Crippen LogP contribution in [-0.2, 0) is 27.4 Å². The van der Waals surface area contributed by atoms with E-state index in [0.29, 0.717) is 24.5 Å². The van der Waals surface area contributed by atoms with Gasteiger partial charge in [0.15, 0.2) is 0 Å². The Balaban J connectivity index is 1.63. The third-order valence-electron chi connectivity index (χ3n) is 5.48. The van der Waals surface area contributed by atoms with E-state index in [9.17, 15) is 14.4 Å². The Labute approximate surface area is 204 Å². The van der Waals surface area contributed by atoms with E-state index < -0.39 is 17.9 Å². The van der Waals surface area contributed by atoms with Crippen LogP contribution in [0.5, 0.6) is 5.75 Å². The van der Waals surface area contributed by atoms with Crippen molar-refractivity contribution in [3.8, 4) is 5.75 Å². The van der Waals surface area contributed by atoms with Crippen LogP contribution in [-0.4, -0.2) is 28.7 Å². The first-order valence-electron chi connectivity index (χ1n) is 11.5. The Morgan fingerprint density at radius 3 is 2.37 bits per heavy atom. The number of amides is 3. The first-order valence-corrected chi connectivity index (χ1v) is 11.5. The summed E-state index contributed by atoms with van der Waals surface area (Å²) in [4.78, 5) is 40.7. The second-order valence-corrected chi connectivity index (χ2v) is 8.32. The van der Waals surface area contributed by atoms with Crippen LogP contribution in [0.25, 0.3) is 0 Å². The third-order valence-corrected chi connectivity index (χ3v) is 5.48. The molecule has 0 aliphatic heterocycles. The van der Waals surface area contributed by atoms with Gasteiger partial charge in [0.2, 0.25) is 17.7 Å². The van der Waals surface area contributed by atoms with Gasteiger partial charge in [-0.25, -0.2) is 0 Å². The van der Waals surface area contributed by atoms with Gasteiger partial charge in [-0.2, -0.15) is 0 Å². The quantitative estimate of drug-likeness (QED) is 0.372. The molecule has 8 heteroatoms. The van der Waals surface area contributed by atoms with E-state index in [2.05, 4.69) is 15.6 Å². The molecule has 0 aliphatic carbocycles. The lowest BCUT2D eigenvalue weighted by molar-refractivity contribution is -0.127. The number of carbonyl (C=O) groups is 3. The molecule has 0 spiro atoms. The summed E-state index contributed by atoms with van der Waals surface area (Å²) in [6, 6.07) is 19.9. The molecule has 3 rings (SSSR count). The number of anilines is 1. The molecule has 2 aromatic carbocycles. The normalized spacial score (nSPS) is 12.3. The smallest absolute Gasteiger partial charge is 0.247 e. The van der Waals surface area contributed by atoms with Crippen molar-refractivity contribution in [3.63, 3.8) is 0 Å². The largest absolute Gasteiger partial charge is 0.489 e. The zero-order valence-electron chi connectivity index (χ0n) is 19.6. The summed E-state index contributed by atoms with van der Waals surface area (Å²) in [7, 11) is 0. The summed E-state index contributed by atoms with van der Waals surface area (Å²) < 4.78 is 5.82. The average molecular weight is 475 g/mol. The van der Waals surface area contributed by atoms with Crippen molar-refractivity contribution < 1.29 is 19.1 Å². The number of nitrogens with two attached hydrogens (primary N) is 1. The molecule has 0 radical (unpaired) electrons. The molecule has 0 bridgehead atoms. The zero-order valence-corrected chi connectivity index (χ0v) is 19.6. The van der Waals surface area contributed by atoms with Crippen LogP contribution < -0.4 is 21.1 Å². The predicted molar refractivity (Wildman–Crippen MR) is 133 cm³/mol. The minimum Gasteiger partial charge on any atom is -0.489 e. The van der Waals surface area contributed by atoms with Crippen molar-refractivity contribution in [2.75, 3.05) is 5.32 Å². The molecule has 3 amide bonds. The second-order valence-electron chi connectivity index (χ2n) is 8.32. The molecule has 4 N–H and O–H groups in total. The summed E-state index contributed by atoms with van der Waals surface area (Å²) in [6.45, 7) is 2.12. The van der Waals surface area contributed by atoms with Crippen molar-refractivity contribution in [2.24, 2.45) is 11.7 Å². The molecule has 0 saturated heterocycles. The number of primary amides is 1. The Bertz CT molecular complexity index is 1110. The maximum Gasteiger partial charge on any atom is 0.247 e. The van der Waals surface area contributed by atoms with Crippen LogP contribution in [0, 0.1) is 5.92 Å². The van der Waals surface area contributed by atoms with E-state index in [1.807, 2.05) is 54.6 Å². The van der Waals surface area contributed by atoms with Gasteiger partial charge in [0.05, 0.1) is 11.9 Å². The first kappa shape index (κ1) is 25.4. The molecule has 2 atom stereocenters. The number of rotatable bonds is 12. The predicted octanol–water partition coefficient (Wildman–Crippen LogP) is 3.23.